The first-order valence-corrected chi connectivity index (χ1v) is 23.4. The standard InChI is InChI=1S/C45H89NO10/c1-3-5-7-9-11-13-15-16-17-18-19-20-21-22-23-25-27-29-31-33-38(49)44(54)46-36(35-55-45-43(53)42(52)41(51)39(34-47)56-45)40(50)37(48)32-30-28-26-24-14-12-10-8-6-4-2/h36-43,45,47-53H,3-35H2,1-2H3,(H,46,54)/t36-,37+,38+,39+,40-,41-,42-,43-,45+/m0/s1. The van der Waals surface area contributed by atoms with Crippen molar-refractivity contribution in [2.75, 3.05) is 13.2 Å². The fraction of sp³-hybridized carbons (Fsp3) is 0.978. The van der Waals surface area contributed by atoms with Gasteiger partial charge in [-0.15, -0.1) is 0 Å². The summed E-state index contributed by atoms with van der Waals surface area (Å²) in [4.78, 5) is 13.1. The van der Waals surface area contributed by atoms with Crippen molar-refractivity contribution >= 4 is 5.91 Å². The van der Waals surface area contributed by atoms with Crippen LogP contribution in [0.4, 0.5) is 0 Å². The van der Waals surface area contributed by atoms with E-state index in [1.54, 1.807) is 0 Å². The number of carbonyl (C=O) groups is 1. The van der Waals surface area contributed by atoms with Crippen molar-refractivity contribution in [1.29, 1.82) is 0 Å². The molecule has 1 saturated heterocycles. The highest BCUT2D eigenvalue weighted by molar-refractivity contribution is 5.80. The van der Waals surface area contributed by atoms with Gasteiger partial charge in [-0.2, -0.15) is 0 Å². The number of carbonyl (C=O) groups excluding carboxylic acids is 1. The molecule has 1 rings (SSSR count). The van der Waals surface area contributed by atoms with Crippen LogP contribution in [0.25, 0.3) is 0 Å². The van der Waals surface area contributed by atoms with Gasteiger partial charge in [0.25, 0.3) is 0 Å². The molecular weight excluding hydrogens is 714 g/mol. The monoisotopic (exact) mass is 804 g/mol. The first-order chi connectivity index (χ1) is 27.2. The Morgan fingerprint density at radius 2 is 0.929 bits per heavy atom. The lowest BCUT2D eigenvalue weighted by Gasteiger charge is -2.40. The number of aliphatic hydroxyl groups is 7. The molecule has 0 aromatic heterocycles. The maximum Gasteiger partial charge on any atom is 0.249 e. The van der Waals surface area contributed by atoms with Crippen LogP contribution >= 0.6 is 0 Å². The highest BCUT2D eigenvalue weighted by Crippen LogP contribution is 2.23. The Kier molecular flexibility index (Phi) is 34.2. The maximum absolute atomic E-state index is 13.1. The normalized spacial score (nSPS) is 22.2. The highest BCUT2D eigenvalue weighted by Gasteiger charge is 2.44. The van der Waals surface area contributed by atoms with E-state index in [0.29, 0.717) is 19.3 Å². The number of unbranched alkanes of at least 4 members (excludes halogenated alkanes) is 27. The van der Waals surface area contributed by atoms with E-state index in [9.17, 15) is 40.5 Å². The Bertz CT molecular complexity index is 882. The van der Waals surface area contributed by atoms with Gasteiger partial charge in [-0.3, -0.25) is 4.79 Å². The second-order valence-electron chi connectivity index (χ2n) is 16.8. The third kappa shape index (κ3) is 25.6. The minimum absolute atomic E-state index is 0.266. The summed E-state index contributed by atoms with van der Waals surface area (Å²) >= 11 is 0. The predicted molar refractivity (Wildman–Crippen MR) is 224 cm³/mol. The lowest BCUT2D eigenvalue weighted by atomic mass is 9.98. The molecule has 0 unspecified atom stereocenters. The van der Waals surface area contributed by atoms with Crippen molar-refractivity contribution < 1.29 is 50.0 Å². The largest absolute Gasteiger partial charge is 0.394 e. The number of aliphatic hydroxyl groups excluding tert-OH is 7. The third-order valence-corrected chi connectivity index (χ3v) is 11.7. The highest BCUT2D eigenvalue weighted by atomic mass is 16.7. The first kappa shape index (κ1) is 53.1. The molecule has 0 saturated carbocycles. The molecule has 0 radical (unpaired) electrons. The van der Waals surface area contributed by atoms with Crippen LogP contribution in [0.15, 0.2) is 0 Å². The van der Waals surface area contributed by atoms with E-state index < -0.39 is 74.2 Å². The molecule has 8 N–H and O–H groups in total. The van der Waals surface area contributed by atoms with Gasteiger partial charge in [0.05, 0.1) is 25.4 Å². The van der Waals surface area contributed by atoms with Gasteiger partial charge in [0.2, 0.25) is 5.91 Å². The zero-order valence-electron chi connectivity index (χ0n) is 35.9. The van der Waals surface area contributed by atoms with Crippen LogP contribution in [-0.4, -0.2) is 110 Å². The summed E-state index contributed by atoms with van der Waals surface area (Å²) in [6, 6.07) is -1.16. The summed E-state index contributed by atoms with van der Waals surface area (Å²) in [6.45, 7) is 3.43. The zero-order chi connectivity index (χ0) is 41.2. The van der Waals surface area contributed by atoms with Gasteiger partial charge in [-0.05, 0) is 12.8 Å². The smallest absolute Gasteiger partial charge is 0.249 e. The fourth-order valence-electron chi connectivity index (χ4n) is 7.74. The van der Waals surface area contributed by atoms with Crippen LogP contribution in [0.2, 0.25) is 0 Å². The van der Waals surface area contributed by atoms with E-state index in [-0.39, 0.29) is 6.42 Å². The Morgan fingerprint density at radius 3 is 1.32 bits per heavy atom. The first-order valence-electron chi connectivity index (χ1n) is 23.4. The lowest BCUT2D eigenvalue weighted by Crippen LogP contribution is -2.60. The summed E-state index contributed by atoms with van der Waals surface area (Å²) in [5, 5.41) is 75.5. The molecule has 1 aliphatic rings. The van der Waals surface area contributed by atoms with Crippen molar-refractivity contribution in [3.05, 3.63) is 0 Å². The van der Waals surface area contributed by atoms with E-state index in [0.717, 1.165) is 38.5 Å². The molecule has 0 aliphatic carbocycles. The molecule has 56 heavy (non-hydrogen) atoms. The van der Waals surface area contributed by atoms with Crippen molar-refractivity contribution in [2.24, 2.45) is 0 Å². The Labute approximate surface area is 341 Å². The van der Waals surface area contributed by atoms with Crippen LogP contribution in [0, 0.1) is 0 Å². The topological polar surface area (TPSA) is 189 Å². The van der Waals surface area contributed by atoms with Gasteiger partial charge in [-0.25, -0.2) is 0 Å². The van der Waals surface area contributed by atoms with Gasteiger partial charge >= 0.3 is 0 Å². The fourth-order valence-corrected chi connectivity index (χ4v) is 7.74. The molecule has 1 amide bonds. The van der Waals surface area contributed by atoms with Gasteiger partial charge in [-0.1, -0.05) is 200 Å². The van der Waals surface area contributed by atoms with Crippen molar-refractivity contribution in [3.63, 3.8) is 0 Å². The molecule has 334 valence electrons. The Hall–Kier alpha value is -0.890. The lowest BCUT2D eigenvalue weighted by molar-refractivity contribution is -0.303. The van der Waals surface area contributed by atoms with Crippen LogP contribution in [0.1, 0.15) is 213 Å². The second kappa shape index (κ2) is 36.0. The number of rotatable bonds is 39. The maximum atomic E-state index is 13.1. The molecule has 1 aliphatic heterocycles. The average Bonchev–Trinajstić information content (AvgIpc) is 3.20. The van der Waals surface area contributed by atoms with Gasteiger partial charge in [0.1, 0.15) is 36.6 Å². The van der Waals surface area contributed by atoms with Crippen molar-refractivity contribution in [3.8, 4) is 0 Å². The molecular formula is C45H89NO10. The summed E-state index contributed by atoms with van der Waals surface area (Å²) in [5.74, 6) is -0.694. The quantitative estimate of drug-likeness (QED) is 0.0289. The number of hydrogen-bond donors (Lipinski definition) is 8. The zero-order valence-corrected chi connectivity index (χ0v) is 35.9. The number of amides is 1. The van der Waals surface area contributed by atoms with Crippen molar-refractivity contribution in [1.82, 2.24) is 5.32 Å². The van der Waals surface area contributed by atoms with Gasteiger partial charge < -0.3 is 50.5 Å². The van der Waals surface area contributed by atoms with Crippen LogP contribution in [0.5, 0.6) is 0 Å². The minimum Gasteiger partial charge on any atom is -0.394 e. The Balaban J connectivity index is 2.39. The van der Waals surface area contributed by atoms with Gasteiger partial charge in [0.15, 0.2) is 6.29 Å². The molecule has 1 heterocycles. The van der Waals surface area contributed by atoms with E-state index in [2.05, 4.69) is 19.2 Å². The summed E-state index contributed by atoms with van der Waals surface area (Å²) < 4.78 is 11.1. The van der Waals surface area contributed by atoms with E-state index >= 15 is 0 Å². The van der Waals surface area contributed by atoms with E-state index in [4.69, 9.17) is 9.47 Å². The average molecular weight is 804 g/mol. The van der Waals surface area contributed by atoms with E-state index in [1.165, 1.54) is 135 Å². The van der Waals surface area contributed by atoms with Crippen LogP contribution in [0.3, 0.4) is 0 Å². The summed E-state index contributed by atoms with van der Waals surface area (Å²) in [7, 11) is 0. The molecule has 9 atom stereocenters. The molecule has 0 aromatic carbocycles. The molecule has 1 fully saturated rings. The second-order valence-corrected chi connectivity index (χ2v) is 16.8. The number of nitrogens with one attached hydrogen (secondary N) is 1. The molecule has 11 nitrogen and oxygen atoms in total. The summed E-state index contributed by atoms with van der Waals surface area (Å²) in [5.41, 5.74) is 0. The van der Waals surface area contributed by atoms with Crippen LogP contribution in [-0.2, 0) is 14.3 Å². The summed E-state index contributed by atoms with van der Waals surface area (Å²) in [6.07, 6.45) is 24.5. The molecule has 0 spiro atoms. The molecule has 0 bridgehead atoms. The Morgan fingerprint density at radius 1 is 0.554 bits per heavy atom. The minimum atomic E-state index is -1.65. The van der Waals surface area contributed by atoms with Crippen LogP contribution < -0.4 is 5.32 Å². The van der Waals surface area contributed by atoms with E-state index in [1.807, 2.05) is 0 Å². The van der Waals surface area contributed by atoms with Gasteiger partial charge in [0, 0.05) is 0 Å². The van der Waals surface area contributed by atoms with Crippen molar-refractivity contribution in [2.45, 2.75) is 268 Å². The predicted octanol–water partition coefficient (Wildman–Crippen LogP) is 7.50. The SMILES string of the molecule is CCCCCCCCCCCCCCCCCCCCC[C@@H](O)C(=O)N[C@@H](CO[C@@H]1O[C@H](CO)[C@H](O)[C@H](O)[C@@H]1O)[C@H](O)[C@H](O)CCCCCCCCCCCC. The molecule has 11 heteroatoms. The third-order valence-electron chi connectivity index (χ3n) is 11.7. The number of hydrogen-bond acceptors (Lipinski definition) is 10. The molecule has 0 aromatic rings. The number of ether oxygens (including phenoxy) is 2.